The summed E-state index contributed by atoms with van der Waals surface area (Å²) < 4.78 is 1.57. The number of amides is 2. The van der Waals surface area contributed by atoms with Crippen molar-refractivity contribution in [2.45, 2.75) is 33.7 Å². The summed E-state index contributed by atoms with van der Waals surface area (Å²) in [7, 11) is 0. The third-order valence-corrected chi connectivity index (χ3v) is 6.84. The predicted octanol–water partition coefficient (Wildman–Crippen LogP) is 5.90. The molecular formula is C30H28N6O4. The van der Waals surface area contributed by atoms with Crippen LogP contribution in [0.5, 0.6) is 0 Å². The second-order valence-corrected chi connectivity index (χ2v) is 9.86. The van der Waals surface area contributed by atoms with Crippen LogP contribution in [-0.2, 0) is 4.79 Å². The van der Waals surface area contributed by atoms with E-state index in [2.05, 4.69) is 21.0 Å². The van der Waals surface area contributed by atoms with Gasteiger partial charge in [-0.25, -0.2) is 4.68 Å². The quantitative estimate of drug-likeness (QED) is 0.208. The molecule has 0 saturated heterocycles. The normalized spacial score (nSPS) is 14.2. The molecule has 0 saturated carbocycles. The number of fused-ring (bicyclic) bond motifs is 1. The summed E-state index contributed by atoms with van der Waals surface area (Å²) in [6, 6.07) is 18.4. The number of nitro groups is 1. The number of carbonyl (C=O) groups excluding carboxylic acids is 2. The first-order valence-corrected chi connectivity index (χ1v) is 12.7. The Kier molecular flexibility index (Phi) is 6.91. The fourth-order valence-corrected chi connectivity index (χ4v) is 4.87. The van der Waals surface area contributed by atoms with Crippen molar-refractivity contribution >= 4 is 34.7 Å². The summed E-state index contributed by atoms with van der Waals surface area (Å²) in [5.74, 6) is -0.306. The Morgan fingerprint density at radius 1 is 0.925 bits per heavy atom. The van der Waals surface area contributed by atoms with Gasteiger partial charge in [0.1, 0.15) is 17.4 Å². The third-order valence-electron chi connectivity index (χ3n) is 6.84. The molecule has 2 heterocycles. The molecule has 0 aliphatic carbocycles. The number of allylic oxidation sites excluding steroid dienone is 1. The lowest BCUT2D eigenvalue weighted by Crippen LogP contribution is -2.32. The molecule has 0 bridgehead atoms. The largest absolute Gasteiger partial charge is 0.343 e. The van der Waals surface area contributed by atoms with E-state index in [1.807, 2.05) is 57.2 Å². The fraction of sp³-hybridized carbons (Fsp3) is 0.167. The number of hydrogen-bond donors (Lipinski definition) is 3. The van der Waals surface area contributed by atoms with Gasteiger partial charge in [0.2, 0.25) is 0 Å². The zero-order chi connectivity index (χ0) is 28.6. The number of rotatable bonds is 6. The lowest BCUT2D eigenvalue weighted by atomic mass is 9.94. The summed E-state index contributed by atoms with van der Waals surface area (Å²) >= 11 is 0. The van der Waals surface area contributed by atoms with E-state index in [1.165, 1.54) is 18.3 Å². The average molecular weight is 537 g/mol. The Bertz CT molecular complexity index is 1690. The van der Waals surface area contributed by atoms with Gasteiger partial charge in [0.25, 0.3) is 17.5 Å². The highest BCUT2D eigenvalue weighted by Gasteiger charge is 2.35. The van der Waals surface area contributed by atoms with Gasteiger partial charge >= 0.3 is 0 Å². The van der Waals surface area contributed by atoms with E-state index in [9.17, 15) is 19.7 Å². The first kappa shape index (κ1) is 26.4. The van der Waals surface area contributed by atoms with Crippen molar-refractivity contribution in [1.82, 2.24) is 9.78 Å². The number of nitro benzene ring substituents is 1. The maximum atomic E-state index is 13.8. The Hall–Kier alpha value is -5.25. The van der Waals surface area contributed by atoms with Crippen LogP contribution in [0.15, 0.2) is 84.2 Å². The number of hydrogen-bond acceptors (Lipinski definition) is 6. The molecule has 10 nitrogen and oxygen atoms in total. The highest BCUT2D eigenvalue weighted by Crippen LogP contribution is 2.38. The van der Waals surface area contributed by atoms with E-state index in [1.54, 1.807) is 29.8 Å². The molecule has 3 N–H and O–H groups in total. The van der Waals surface area contributed by atoms with Gasteiger partial charge in [-0.1, -0.05) is 29.8 Å². The zero-order valence-corrected chi connectivity index (χ0v) is 22.5. The van der Waals surface area contributed by atoms with E-state index in [4.69, 9.17) is 0 Å². The molecule has 1 unspecified atom stereocenters. The van der Waals surface area contributed by atoms with Gasteiger partial charge in [-0.3, -0.25) is 19.7 Å². The van der Waals surface area contributed by atoms with E-state index in [0.29, 0.717) is 39.6 Å². The molecule has 1 aliphatic heterocycles. The lowest BCUT2D eigenvalue weighted by Gasteiger charge is -2.30. The third kappa shape index (κ3) is 5.06. The summed E-state index contributed by atoms with van der Waals surface area (Å²) in [6.07, 6.45) is 1.45. The molecule has 3 aromatic carbocycles. The Balaban J connectivity index is 1.56. The molecule has 0 spiro atoms. The van der Waals surface area contributed by atoms with Crippen LogP contribution < -0.4 is 16.0 Å². The molecular weight excluding hydrogens is 508 g/mol. The van der Waals surface area contributed by atoms with Crippen LogP contribution in [0.25, 0.3) is 0 Å². The van der Waals surface area contributed by atoms with Gasteiger partial charge < -0.3 is 16.0 Å². The molecule has 10 heteroatoms. The highest BCUT2D eigenvalue weighted by atomic mass is 16.6. The number of carbonyl (C=O) groups is 2. The van der Waals surface area contributed by atoms with E-state index < -0.39 is 11.0 Å². The van der Waals surface area contributed by atoms with E-state index in [-0.39, 0.29) is 17.5 Å². The van der Waals surface area contributed by atoms with Crippen molar-refractivity contribution in [1.29, 1.82) is 0 Å². The minimum absolute atomic E-state index is 0.0708. The van der Waals surface area contributed by atoms with E-state index in [0.717, 1.165) is 16.7 Å². The van der Waals surface area contributed by atoms with Crippen LogP contribution in [0.4, 0.5) is 22.9 Å². The van der Waals surface area contributed by atoms with Crippen molar-refractivity contribution < 1.29 is 14.5 Å². The summed E-state index contributed by atoms with van der Waals surface area (Å²) in [6.45, 7) is 7.59. The fourth-order valence-electron chi connectivity index (χ4n) is 4.87. The van der Waals surface area contributed by atoms with Crippen LogP contribution in [0, 0.1) is 30.9 Å². The number of nitrogens with one attached hydrogen (secondary N) is 3. The summed E-state index contributed by atoms with van der Waals surface area (Å²) in [5, 5.41) is 24.9. The van der Waals surface area contributed by atoms with Crippen molar-refractivity contribution in [3.05, 3.63) is 122 Å². The summed E-state index contributed by atoms with van der Waals surface area (Å²) in [5.41, 5.74) is 6.04. The monoisotopic (exact) mass is 536 g/mol. The van der Waals surface area contributed by atoms with Crippen LogP contribution in [-0.4, -0.2) is 26.5 Å². The van der Waals surface area contributed by atoms with Crippen molar-refractivity contribution in [2.24, 2.45) is 0 Å². The molecule has 4 aromatic rings. The number of anilines is 3. The Labute approximate surface area is 230 Å². The molecule has 1 aromatic heterocycles. The lowest BCUT2D eigenvalue weighted by molar-refractivity contribution is -0.384. The van der Waals surface area contributed by atoms with E-state index >= 15 is 0 Å². The minimum Gasteiger partial charge on any atom is -0.343 e. The highest BCUT2D eigenvalue weighted by molar-refractivity contribution is 6.09. The van der Waals surface area contributed by atoms with Crippen LogP contribution >= 0.6 is 0 Å². The number of non-ortho nitro benzene ring substituents is 1. The van der Waals surface area contributed by atoms with Crippen LogP contribution in [0.2, 0.25) is 0 Å². The van der Waals surface area contributed by atoms with Gasteiger partial charge in [-0.15, -0.1) is 0 Å². The van der Waals surface area contributed by atoms with Crippen molar-refractivity contribution in [3.8, 4) is 0 Å². The average Bonchev–Trinajstić information content (AvgIpc) is 3.33. The first-order valence-electron chi connectivity index (χ1n) is 12.7. The Morgan fingerprint density at radius 3 is 2.33 bits per heavy atom. The van der Waals surface area contributed by atoms with Crippen molar-refractivity contribution in [2.75, 3.05) is 16.0 Å². The first-order chi connectivity index (χ1) is 19.1. The number of aromatic nitrogens is 2. The van der Waals surface area contributed by atoms with Crippen LogP contribution in [0.1, 0.15) is 45.6 Å². The molecule has 2 amide bonds. The zero-order valence-electron chi connectivity index (χ0n) is 22.5. The maximum Gasteiger partial charge on any atom is 0.269 e. The van der Waals surface area contributed by atoms with Gasteiger partial charge in [-0.2, -0.15) is 5.10 Å². The molecule has 1 aliphatic rings. The minimum atomic E-state index is -0.747. The molecule has 0 fully saturated rings. The van der Waals surface area contributed by atoms with Crippen molar-refractivity contribution in [3.63, 3.8) is 0 Å². The number of aryl methyl sites for hydroxylation is 3. The predicted molar refractivity (Wildman–Crippen MR) is 153 cm³/mol. The summed E-state index contributed by atoms with van der Waals surface area (Å²) in [4.78, 5) is 37.8. The topological polar surface area (TPSA) is 131 Å². The molecule has 40 heavy (non-hydrogen) atoms. The van der Waals surface area contributed by atoms with Gasteiger partial charge in [0.05, 0.1) is 16.7 Å². The Morgan fingerprint density at radius 2 is 1.65 bits per heavy atom. The molecule has 5 rings (SSSR count). The molecule has 0 radical (unpaired) electrons. The van der Waals surface area contributed by atoms with Crippen LogP contribution in [0.3, 0.4) is 0 Å². The molecule has 1 atom stereocenters. The van der Waals surface area contributed by atoms with Gasteiger partial charge in [-0.05, 0) is 74.7 Å². The number of benzene rings is 3. The second kappa shape index (κ2) is 10.5. The van der Waals surface area contributed by atoms with Gasteiger partial charge in [0, 0.05) is 29.2 Å². The van der Waals surface area contributed by atoms with Gasteiger partial charge in [0.15, 0.2) is 0 Å². The number of nitrogens with zero attached hydrogens (tertiary/aromatic N) is 3. The standard InChI is InChI=1S/C30H28N6O4/c1-17-6-5-7-22(15-17)33-29(37)24-16-31-35-27(21-9-11-23(12-10-21)36(39)40)26(20(4)32-28(24)35)30(38)34-25-13-8-18(2)14-19(25)3/h5-16,27,32H,1-4H3,(H,33,37)(H,34,38). The smallest absolute Gasteiger partial charge is 0.269 e. The maximum absolute atomic E-state index is 13.8. The SMILES string of the molecule is CC1=C(C(=O)Nc2ccc(C)cc2C)C(c2ccc([N+](=O)[O-])cc2)n2ncc(C(=O)Nc3cccc(C)c3)c2N1. The molecule has 202 valence electrons. The second-order valence-electron chi connectivity index (χ2n) is 9.86.